The number of piperidine rings is 1. The molecular formula is C15H16FNO4. The van der Waals surface area contributed by atoms with Crippen LogP contribution in [-0.2, 0) is 19.1 Å². The van der Waals surface area contributed by atoms with Crippen LogP contribution in [0.5, 0.6) is 0 Å². The monoisotopic (exact) mass is 293 g/mol. The third-order valence-electron chi connectivity index (χ3n) is 3.61. The van der Waals surface area contributed by atoms with Gasteiger partial charge in [-0.3, -0.25) is 19.3 Å². The predicted molar refractivity (Wildman–Crippen MR) is 71.7 cm³/mol. The maximum absolute atomic E-state index is 13.0. The topological polar surface area (TPSA) is 63.7 Å². The number of hydrogen-bond donors (Lipinski definition) is 0. The molecular weight excluding hydrogens is 277 g/mol. The molecule has 5 nitrogen and oxygen atoms in total. The standard InChI is InChI=1S/C15H16FNO4/c1-3-21-15(20)13-11(8-12(18)17(2)14(13)19)9-4-6-10(16)7-5-9/h4-7,11,13H,3,8H2,1-2H3/t11-,13+/m0/s1. The Labute approximate surface area is 121 Å². The van der Waals surface area contributed by atoms with Gasteiger partial charge in [-0.05, 0) is 24.6 Å². The lowest BCUT2D eigenvalue weighted by Gasteiger charge is -2.33. The molecule has 6 heteroatoms. The maximum Gasteiger partial charge on any atom is 0.319 e. The molecule has 0 N–H and O–H groups in total. The van der Waals surface area contributed by atoms with Gasteiger partial charge in [0.25, 0.3) is 0 Å². The van der Waals surface area contributed by atoms with Crippen LogP contribution in [0.2, 0.25) is 0 Å². The molecule has 0 aromatic heterocycles. The van der Waals surface area contributed by atoms with Crippen molar-refractivity contribution in [1.82, 2.24) is 4.90 Å². The molecule has 0 saturated carbocycles. The van der Waals surface area contributed by atoms with Gasteiger partial charge in [0.2, 0.25) is 11.8 Å². The average molecular weight is 293 g/mol. The Hall–Kier alpha value is -2.24. The molecule has 0 spiro atoms. The van der Waals surface area contributed by atoms with E-state index in [1.807, 2.05) is 0 Å². The molecule has 0 radical (unpaired) electrons. The first-order valence-electron chi connectivity index (χ1n) is 6.68. The van der Waals surface area contributed by atoms with Crippen molar-refractivity contribution in [1.29, 1.82) is 0 Å². The highest BCUT2D eigenvalue weighted by molar-refractivity contribution is 6.08. The van der Waals surface area contributed by atoms with Gasteiger partial charge in [-0.25, -0.2) is 4.39 Å². The number of halogens is 1. The van der Waals surface area contributed by atoms with Gasteiger partial charge in [0, 0.05) is 19.4 Å². The highest BCUT2D eigenvalue weighted by atomic mass is 19.1. The summed E-state index contributed by atoms with van der Waals surface area (Å²) in [6.07, 6.45) is 0.0113. The zero-order valence-electron chi connectivity index (χ0n) is 11.8. The van der Waals surface area contributed by atoms with Gasteiger partial charge in [-0.1, -0.05) is 12.1 Å². The molecule has 1 aliphatic rings. The number of esters is 1. The number of nitrogens with zero attached hydrogens (tertiary/aromatic N) is 1. The van der Waals surface area contributed by atoms with Crippen LogP contribution in [0.1, 0.15) is 24.8 Å². The SMILES string of the molecule is CCOC(=O)[C@H]1C(=O)N(C)C(=O)C[C@H]1c1ccc(F)cc1. The fourth-order valence-corrected chi connectivity index (χ4v) is 2.46. The van der Waals surface area contributed by atoms with Crippen molar-refractivity contribution in [3.05, 3.63) is 35.6 Å². The smallest absolute Gasteiger partial charge is 0.319 e. The number of benzene rings is 1. The summed E-state index contributed by atoms with van der Waals surface area (Å²) in [5.74, 6) is -3.72. The highest BCUT2D eigenvalue weighted by Gasteiger charge is 2.45. The van der Waals surface area contributed by atoms with Gasteiger partial charge in [0.1, 0.15) is 11.7 Å². The zero-order chi connectivity index (χ0) is 15.6. The van der Waals surface area contributed by atoms with Crippen LogP contribution in [0.15, 0.2) is 24.3 Å². The number of carbonyl (C=O) groups excluding carboxylic acids is 3. The van der Waals surface area contributed by atoms with E-state index in [4.69, 9.17) is 4.74 Å². The first kappa shape index (κ1) is 15.2. The second-order valence-corrected chi connectivity index (χ2v) is 4.88. The third kappa shape index (κ3) is 2.94. The minimum atomic E-state index is -1.07. The van der Waals surface area contributed by atoms with Gasteiger partial charge < -0.3 is 4.74 Å². The minimum Gasteiger partial charge on any atom is -0.465 e. The van der Waals surface area contributed by atoms with Crippen LogP contribution >= 0.6 is 0 Å². The molecule has 1 fully saturated rings. The number of ether oxygens (including phenoxy) is 1. The molecule has 1 aliphatic heterocycles. The molecule has 2 amide bonds. The van der Waals surface area contributed by atoms with Crippen molar-refractivity contribution < 1.29 is 23.5 Å². The first-order chi connectivity index (χ1) is 9.95. The Morgan fingerprint density at radius 2 is 1.95 bits per heavy atom. The van der Waals surface area contributed by atoms with Crippen molar-refractivity contribution >= 4 is 17.8 Å². The fourth-order valence-electron chi connectivity index (χ4n) is 2.46. The number of carbonyl (C=O) groups is 3. The lowest BCUT2D eigenvalue weighted by molar-refractivity contribution is -0.162. The number of hydrogen-bond acceptors (Lipinski definition) is 4. The largest absolute Gasteiger partial charge is 0.465 e. The van der Waals surface area contributed by atoms with E-state index < -0.39 is 29.5 Å². The second-order valence-electron chi connectivity index (χ2n) is 4.88. The molecule has 0 unspecified atom stereocenters. The Kier molecular flexibility index (Phi) is 4.35. The van der Waals surface area contributed by atoms with E-state index >= 15 is 0 Å². The lowest BCUT2D eigenvalue weighted by Crippen LogP contribution is -2.49. The Morgan fingerprint density at radius 1 is 1.33 bits per heavy atom. The minimum absolute atomic E-state index is 0.0113. The van der Waals surface area contributed by atoms with Crippen molar-refractivity contribution in [3.8, 4) is 0 Å². The number of imide groups is 1. The summed E-state index contributed by atoms with van der Waals surface area (Å²) in [6, 6.07) is 5.45. The Balaban J connectivity index is 2.38. The molecule has 2 rings (SSSR count). The fraction of sp³-hybridized carbons (Fsp3) is 0.400. The van der Waals surface area contributed by atoms with Gasteiger partial charge in [0.15, 0.2) is 0 Å². The third-order valence-corrected chi connectivity index (χ3v) is 3.61. The Bertz CT molecular complexity index is 570. The van der Waals surface area contributed by atoms with Crippen LogP contribution in [-0.4, -0.2) is 36.3 Å². The molecule has 1 aromatic rings. The zero-order valence-corrected chi connectivity index (χ0v) is 11.8. The van der Waals surface area contributed by atoms with Crippen molar-refractivity contribution in [2.75, 3.05) is 13.7 Å². The number of rotatable bonds is 3. The molecule has 1 aromatic carbocycles. The van der Waals surface area contributed by atoms with Crippen LogP contribution < -0.4 is 0 Å². The molecule has 2 atom stereocenters. The molecule has 1 saturated heterocycles. The van der Waals surface area contributed by atoms with Crippen LogP contribution in [0.4, 0.5) is 4.39 Å². The summed E-state index contributed by atoms with van der Waals surface area (Å²) >= 11 is 0. The van der Waals surface area contributed by atoms with Gasteiger partial charge >= 0.3 is 5.97 Å². The number of amides is 2. The highest BCUT2D eigenvalue weighted by Crippen LogP contribution is 2.35. The van der Waals surface area contributed by atoms with Crippen molar-refractivity contribution in [2.45, 2.75) is 19.3 Å². The van der Waals surface area contributed by atoms with Gasteiger partial charge in [-0.2, -0.15) is 0 Å². The van der Waals surface area contributed by atoms with Crippen LogP contribution in [0, 0.1) is 11.7 Å². The molecule has 21 heavy (non-hydrogen) atoms. The maximum atomic E-state index is 13.0. The lowest BCUT2D eigenvalue weighted by atomic mass is 9.79. The first-order valence-corrected chi connectivity index (χ1v) is 6.68. The summed E-state index contributed by atoms with van der Waals surface area (Å²) in [5, 5.41) is 0. The van der Waals surface area contributed by atoms with E-state index in [1.165, 1.54) is 31.3 Å². The molecule has 112 valence electrons. The summed E-state index contributed by atoms with van der Waals surface area (Å²) in [7, 11) is 1.35. The summed E-state index contributed by atoms with van der Waals surface area (Å²) in [5.41, 5.74) is 0.573. The normalized spacial score (nSPS) is 22.3. The van der Waals surface area contributed by atoms with E-state index in [0.717, 1.165) is 4.90 Å². The van der Waals surface area contributed by atoms with E-state index in [2.05, 4.69) is 0 Å². The van der Waals surface area contributed by atoms with E-state index in [1.54, 1.807) is 6.92 Å². The second kappa shape index (κ2) is 6.03. The number of likely N-dealkylation sites (tertiary alicyclic amines) is 1. The molecule has 1 heterocycles. The van der Waals surface area contributed by atoms with Gasteiger partial charge in [-0.15, -0.1) is 0 Å². The van der Waals surface area contributed by atoms with Gasteiger partial charge in [0.05, 0.1) is 6.61 Å². The predicted octanol–water partition coefficient (Wildman–Crippen LogP) is 1.48. The van der Waals surface area contributed by atoms with E-state index in [0.29, 0.717) is 5.56 Å². The average Bonchev–Trinajstić information content (AvgIpc) is 2.45. The van der Waals surface area contributed by atoms with E-state index in [9.17, 15) is 18.8 Å². The molecule has 0 aliphatic carbocycles. The van der Waals surface area contributed by atoms with E-state index in [-0.39, 0.29) is 18.9 Å². The van der Waals surface area contributed by atoms with Crippen LogP contribution in [0.25, 0.3) is 0 Å². The van der Waals surface area contributed by atoms with Crippen molar-refractivity contribution in [3.63, 3.8) is 0 Å². The summed E-state index contributed by atoms with van der Waals surface area (Å²) in [6.45, 7) is 1.80. The Morgan fingerprint density at radius 3 is 2.52 bits per heavy atom. The molecule has 0 bridgehead atoms. The van der Waals surface area contributed by atoms with Crippen molar-refractivity contribution in [2.24, 2.45) is 5.92 Å². The summed E-state index contributed by atoms with van der Waals surface area (Å²) < 4.78 is 18.0. The summed E-state index contributed by atoms with van der Waals surface area (Å²) in [4.78, 5) is 37.1. The quantitative estimate of drug-likeness (QED) is 0.481. The van der Waals surface area contributed by atoms with Crippen LogP contribution in [0.3, 0.4) is 0 Å².